The van der Waals surface area contributed by atoms with Crippen LogP contribution in [0.5, 0.6) is 0 Å². The first kappa shape index (κ1) is 13.7. The van der Waals surface area contributed by atoms with E-state index in [4.69, 9.17) is 4.74 Å². The number of nitrogens with zero attached hydrogens (tertiary/aromatic N) is 1. The van der Waals surface area contributed by atoms with E-state index in [9.17, 15) is 0 Å². The molecule has 0 bridgehead atoms. The van der Waals surface area contributed by atoms with Crippen molar-refractivity contribution >= 4 is 16.9 Å². The van der Waals surface area contributed by atoms with Crippen LogP contribution in [0.2, 0.25) is 0 Å². The van der Waals surface area contributed by atoms with Crippen molar-refractivity contribution in [2.24, 2.45) is 16.8 Å². The van der Waals surface area contributed by atoms with Crippen LogP contribution >= 0.6 is 11.8 Å². The maximum atomic E-state index is 5.62. The van der Waals surface area contributed by atoms with E-state index in [-0.39, 0.29) is 0 Å². The molecule has 1 N–H and O–H groups in total. The maximum Gasteiger partial charge on any atom is 0.157 e. The second-order valence-electron chi connectivity index (χ2n) is 6.58. The molecular formula is C15H26N2OS. The number of rotatable bonds is 5. The summed E-state index contributed by atoms with van der Waals surface area (Å²) < 4.78 is 5.62. The lowest BCUT2D eigenvalue weighted by molar-refractivity contribution is 0.132. The van der Waals surface area contributed by atoms with Crippen molar-refractivity contribution in [1.29, 1.82) is 0 Å². The maximum absolute atomic E-state index is 5.62. The number of hydrogen-bond acceptors (Lipinski definition) is 3. The molecule has 4 heteroatoms. The minimum absolute atomic E-state index is 0.366. The summed E-state index contributed by atoms with van der Waals surface area (Å²) in [5.41, 5.74) is 0.366. The molecule has 1 aliphatic heterocycles. The Bertz CT molecular complexity index is 333. The molecule has 2 aliphatic carbocycles. The van der Waals surface area contributed by atoms with Gasteiger partial charge in [-0.15, -0.1) is 0 Å². The van der Waals surface area contributed by atoms with E-state index < -0.39 is 0 Å². The molecule has 1 saturated heterocycles. The van der Waals surface area contributed by atoms with Gasteiger partial charge in [-0.3, -0.25) is 4.99 Å². The van der Waals surface area contributed by atoms with Crippen LogP contribution in [-0.2, 0) is 4.74 Å². The number of nitrogens with one attached hydrogen (secondary N) is 1. The van der Waals surface area contributed by atoms with Gasteiger partial charge < -0.3 is 10.1 Å². The predicted octanol–water partition coefficient (Wildman–Crippen LogP) is 3.05. The SMILES string of the molecule is CC1CCC2(CC1)CSC(=NCCOCC1CC1)N2. The first-order chi connectivity index (χ1) is 9.26. The number of ether oxygens (including phenoxy) is 1. The minimum atomic E-state index is 0.366. The average molecular weight is 282 g/mol. The fourth-order valence-corrected chi connectivity index (χ4v) is 4.17. The summed E-state index contributed by atoms with van der Waals surface area (Å²) in [7, 11) is 0. The van der Waals surface area contributed by atoms with Crippen LogP contribution < -0.4 is 5.32 Å². The van der Waals surface area contributed by atoms with E-state index in [0.717, 1.165) is 36.8 Å². The van der Waals surface area contributed by atoms with Crippen molar-refractivity contribution in [3.63, 3.8) is 0 Å². The molecule has 0 aromatic heterocycles. The van der Waals surface area contributed by atoms with Gasteiger partial charge in [0, 0.05) is 17.9 Å². The summed E-state index contributed by atoms with van der Waals surface area (Å²) in [5, 5.41) is 4.85. The van der Waals surface area contributed by atoms with E-state index in [1.54, 1.807) is 0 Å². The summed E-state index contributed by atoms with van der Waals surface area (Å²) in [6, 6.07) is 0. The summed E-state index contributed by atoms with van der Waals surface area (Å²) in [4.78, 5) is 4.65. The second-order valence-corrected chi connectivity index (χ2v) is 7.55. The second kappa shape index (κ2) is 6.04. The molecule has 3 fully saturated rings. The Morgan fingerprint density at radius 3 is 2.84 bits per heavy atom. The van der Waals surface area contributed by atoms with Gasteiger partial charge in [0.25, 0.3) is 0 Å². The lowest BCUT2D eigenvalue weighted by Crippen LogP contribution is -2.46. The van der Waals surface area contributed by atoms with Crippen LogP contribution in [0.4, 0.5) is 0 Å². The zero-order chi connectivity index (χ0) is 13.1. The van der Waals surface area contributed by atoms with Gasteiger partial charge in [-0.2, -0.15) is 0 Å². The number of thioether (sulfide) groups is 1. The van der Waals surface area contributed by atoms with Gasteiger partial charge in [-0.1, -0.05) is 18.7 Å². The Hall–Kier alpha value is -0.220. The predicted molar refractivity (Wildman–Crippen MR) is 81.8 cm³/mol. The van der Waals surface area contributed by atoms with Gasteiger partial charge in [0.2, 0.25) is 0 Å². The van der Waals surface area contributed by atoms with Crippen molar-refractivity contribution in [3.05, 3.63) is 0 Å². The zero-order valence-corrected chi connectivity index (χ0v) is 12.8. The van der Waals surface area contributed by atoms with Crippen LogP contribution in [0.15, 0.2) is 4.99 Å². The summed E-state index contributed by atoms with van der Waals surface area (Å²) in [5.74, 6) is 2.98. The van der Waals surface area contributed by atoms with Crippen molar-refractivity contribution < 1.29 is 4.74 Å². The lowest BCUT2D eigenvalue weighted by atomic mass is 9.78. The molecule has 0 unspecified atom stereocenters. The van der Waals surface area contributed by atoms with Crippen molar-refractivity contribution in [1.82, 2.24) is 5.32 Å². The van der Waals surface area contributed by atoms with E-state index in [0.29, 0.717) is 5.54 Å². The molecule has 1 heterocycles. The molecule has 108 valence electrons. The average Bonchev–Trinajstić information content (AvgIpc) is 3.15. The van der Waals surface area contributed by atoms with E-state index >= 15 is 0 Å². The first-order valence-electron chi connectivity index (χ1n) is 7.79. The smallest absolute Gasteiger partial charge is 0.157 e. The quantitative estimate of drug-likeness (QED) is 0.787. The first-order valence-corrected chi connectivity index (χ1v) is 8.77. The highest BCUT2D eigenvalue weighted by Gasteiger charge is 2.39. The minimum Gasteiger partial charge on any atom is -0.379 e. The van der Waals surface area contributed by atoms with Crippen LogP contribution in [0, 0.1) is 11.8 Å². The Morgan fingerprint density at radius 2 is 2.11 bits per heavy atom. The van der Waals surface area contributed by atoms with Gasteiger partial charge in [0.05, 0.1) is 13.2 Å². The van der Waals surface area contributed by atoms with Crippen LogP contribution in [-0.4, -0.2) is 36.2 Å². The monoisotopic (exact) mass is 282 g/mol. The highest BCUT2D eigenvalue weighted by molar-refractivity contribution is 8.14. The molecule has 0 aromatic rings. The lowest BCUT2D eigenvalue weighted by Gasteiger charge is -2.35. The molecule has 19 heavy (non-hydrogen) atoms. The molecule has 0 atom stereocenters. The highest BCUT2D eigenvalue weighted by atomic mass is 32.2. The molecule has 1 spiro atoms. The van der Waals surface area contributed by atoms with Crippen molar-refractivity contribution in [2.45, 2.75) is 51.0 Å². The van der Waals surface area contributed by atoms with Crippen molar-refractivity contribution in [2.75, 3.05) is 25.5 Å². The fourth-order valence-electron chi connectivity index (χ4n) is 2.92. The molecule has 0 radical (unpaired) electrons. The fraction of sp³-hybridized carbons (Fsp3) is 0.933. The number of hydrogen-bond donors (Lipinski definition) is 1. The molecule has 2 saturated carbocycles. The Balaban J connectivity index is 1.37. The molecule has 3 nitrogen and oxygen atoms in total. The summed E-state index contributed by atoms with van der Waals surface area (Å²) in [6.45, 7) is 4.93. The normalized spacial score (nSPS) is 36.9. The third-order valence-corrected chi connectivity index (χ3v) is 5.83. The van der Waals surface area contributed by atoms with Gasteiger partial charge in [-0.05, 0) is 50.4 Å². The van der Waals surface area contributed by atoms with Gasteiger partial charge >= 0.3 is 0 Å². The van der Waals surface area contributed by atoms with Crippen LogP contribution in [0.3, 0.4) is 0 Å². The summed E-state index contributed by atoms with van der Waals surface area (Å²) in [6.07, 6.45) is 8.10. The number of aliphatic imine (C=N–C) groups is 1. The molecule has 3 aliphatic rings. The number of amidine groups is 1. The third kappa shape index (κ3) is 3.88. The molecule has 0 amide bonds. The Kier molecular flexibility index (Phi) is 4.37. The van der Waals surface area contributed by atoms with E-state index in [2.05, 4.69) is 17.2 Å². The zero-order valence-electron chi connectivity index (χ0n) is 12.0. The third-order valence-electron chi connectivity index (χ3n) is 4.63. The Labute approximate surface area is 121 Å². The van der Waals surface area contributed by atoms with E-state index in [1.165, 1.54) is 44.3 Å². The molecule has 0 aromatic carbocycles. The van der Waals surface area contributed by atoms with E-state index in [1.807, 2.05) is 11.8 Å². The van der Waals surface area contributed by atoms with Crippen LogP contribution in [0.25, 0.3) is 0 Å². The van der Waals surface area contributed by atoms with Crippen molar-refractivity contribution in [3.8, 4) is 0 Å². The highest BCUT2D eigenvalue weighted by Crippen LogP contribution is 2.38. The molecule has 3 rings (SSSR count). The van der Waals surface area contributed by atoms with Gasteiger partial charge in [0.15, 0.2) is 5.17 Å². The largest absolute Gasteiger partial charge is 0.379 e. The van der Waals surface area contributed by atoms with Gasteiger partial charge in [-0.25, -0.2) is 0 Å². The standard InChI is InChI=1S/C15H26N2OS/c1-12-4-6-15(7-5-12)11-19-14(17-15)16-8-9-18-10-13-2-3-13/h12-13H,2-11H2,1H3,(H,16,17). The Morgan fingerprint density at radius 1 is 1.32 bits per heavy atom. The molecular weight excluding hydrogens is 256 g/mol. The van der Waals surface area contributed by atoms with Gasteiger partial charge in [0.1, 0.15) is 0 Å². The van der Waals surface area contributed by atoms with Crippen LogP contribution in [0.1, 0.15) is 45.4 Å². The summed E-state index contributed by atoms with van der Waals surface area (Å²) >= 11 is 1.91. The topological polar surface area (TPSA) is 33.6 Å².